The van der Waals surface area contributed by atoms with Gasteiger partial charge >= 0.3 is 5.97 Å². The number of fused-ring (bicyclic) bond motifs is 2. The molecule has 1 heterocycles. The van der Waals surface area contributed by atoms with Crippen LogP contribution in [0.2, 0.25) is 0 Å². The van der Waals surface area contributed by atoms with E-state index in [4.69, 9.17) is 4.74 Å². The molecule has 0 aromatic heterocycles. The number of carbonyl (C=O) groups is 1. The zero-order chi connectivity index (χ0) is 25.2. The molecule has 0 aliphatic carbocycles. The lowest BCUT2D eigenvalue weighted by atomic mass is 9.90. The molecule has 1 aliphatic rings. The Bertz CT molecular complexity index is 1420. The molecular formula is C30H28ClF2NO3. The van der Waals surface area contributed by atoms with E-state index in [1.165, 1.54) is 34.5 Å². The highest BCUT2D eigenvalue weighted by molar-refractivity contribution is 5.90. The topological polar surface area (TPSA) is 49.8 Å². The number of ether oxygens (including phenoxy) is 1. The Balaban J connectivity index is 0.00000320. The van der Waals surface area contributed by atoms with Gasteiger partial charge in [0.2, 0.25) is 0 Å². The van der Waals surface area contributed by atoms with Crippen LogP contribution in [0.4, 0.5) is 20.2 Å². The minimum absolute atomic E-state index is 0. The molecule has 1 aliphatic heterocycles. The van der Waals surface area contributed by atoms with Gasteiger partial charge in [-0.05, 0) is 71.8 Å². The van der Waals surface area contributed by atoms with Crippen molar-refractivity contribution in [3.8, 4) is 5.75 Å². The second-order valence-corrected chi connectivity index (χ2v) is 9.33. The summed E-state index contributed by atoms with van der Waals surface area (Å²) >= 11 is 0. The van der Waals surface area contributed by atoms with E-state index in [0.717, 1.165) is 25.3 Å². The Morgan fingerprint density at radius 3 is 2.65 bits per heavy atom. The molecule has 4 nitrogen and oxygen atoms in total. The number of rotatable bonds is 7. The van der Waals surface area contributed by atoms with Gasteiger partial charge in [0.15, 0.2) is 0 Å². The number of benzene rings is 4. The average Bonchev–Trinajstić information content (AvgIpc) is 2.87. The van der Waals surface area contributed by atoms with Gasteiger partial charge < -0.3 is 14.7 Å². The lowest BCUT2D eigenvalue weighted by molar-refractivity contribution is 0.0692. The molecule has 0 saturated carbocycles. The molecule has 1 N–H and O–H groups in total. The van der Waals surface area contributed by atoms with Crippen molar-refractivity contribution >= 4 is 40.5 Å². The lowest BCUT2D eigenvalue weighted by Crippen LogP contribution is -2.37. The normalized spacial score (nSPS) is 15.4. The Labute approximate surface area is 220 Å². The predicted molar refractivity (Wildman–Crippen MR) is 145 cm³/mol. The van der Waals surface area contributed by atoms with Crippen molar-refractivity contribution in [3.05, 3.63) is 102 Å². The Hall–Kier alpha value is -3.64. The number of anilines is 2. The van der Waals surface area contributed by atoms with Gasteiger partial charge in [-0.3, -0.25) is 0 Å². The van der Waals surface area contributed by atoms with Crippen LogP contribution in [0.15, 0.2) is 78.9 Å². The van der Waals surface area contributed by atoms with Crippen LogP contribution in [0.3, 0.4) is 0 Å². The molecule has 0 amide bonds. The minimum Gasteiger partial charge on any atom is -0.486 e. The first-order valence-electron chi connectivity index (χ1n) is 12.1. The maximum absolute atomic E-state index is 14.0. The summed E-state index contributed by atoms with van der Waals surface area (Å²) in [5.41, 5.74) is 2.07. The summed E-state index contributed by atoms with van der Waals surface area (Å²) in [6, 6.07) is 23.1. The van der Waals surface area contributed by atoms with Gasteiger partial charge in [0.05, 0.1) is 17.8 Å². The fraction of sp³-hybridized carbons (Fsp3) is 0.233. The third-order valence-electron chi connectivity index (χ3n) is 6.90. The third kappa shape index (κ3) is 5.54. The highest BCUT2D eigenvalue weighted by atomic mass is 35.5. The largest absolute Gasteiger partial charge is 0.486 e. The van der Waals surface area contributed by atoms with Crippen LogP contribution in [0.25, 0.3) is 10.8 Å². The van der Waals surface area contributed by atoms with E-state index in [-0.39, 0.29) is 18.5 Å². The van der Waals surface area contributed by atoms with E-state index < -0.39 is 23.2 Å². The van der Waals surface area contributed by atoms with Crippen LogP contribution >= 0.6 is 12.4 Å². The van der Waals surface area contributed by atoms with E-state index in [2.05, 4.69) is 43.3 Å². The molecule has 0 fully saturated rings. The van der Waals surface area contributed by atoms with E-state index in [9.17, 15) is 18.7 Å². The first kappa shape index (κ1) is 26.4. The van der Waals surface area contributed by atoms with Crippen molar-refractivity contribution in [1.82, 2.24) is 0 Å². The van der Waals surface area contributed by atoms with Crippen molar-refractivity contribution in [2.45, 2.75) is 38.2 Å². The molecular weight excluding hydrogens is 496 g/mol. The van der Waals surface area contributed by atoms with E-state index in [1.54, 1.807) is 12.1 Å². The summed E-state index contributed by atoms with van der Waals surface area (Å²) in [4.78, 5) is 13.4. The standard InChI is InChI=1S/C30H27F2NO3.ClH/c1-19(24-11-5-8-20-7-2-3-10-25(20)24)6-4-9-23-18-33(28-15-12-21(31)16-29(28)36-23)22-13-14-27(32)26(17-22)30(34)35;/h2-3,5,7-8,10-17,19,23H,4,6,9,18H2,1H3,(H,34,35);1H/t19-,23?;/m0./s1. The molecule has 1 unspecified atom stereocenters. The highest BCUT2D eigenvalue weighted by Gasteiger charge is 2.28. The van der Waals surface area contributed by atoms with Gasteiger partial charge in [-0.25, -0.2) is 13.6 Å². The minimum atomic E-state index is -1.33. The second kappa shape index (κ2) is 11.2. The summed E-state index contributed by atoms with van der Waals surface area (Å²) in [7, 11) is 0. The van der Waals surface area contributed by atoms with Crippen LogP contribution in [-0.4, -0.2) is 23.7 Å². The van der Waals surface area contributed by atoms with Gasteiger partial charge in [0.1, 0.15) is 23.5 Å². The van der Waals surface area contributed by atoms with E-state index in [1.807, 2.05) is 11.0 Å². The number of carboxylic acids is 1. The summed E-state index contributed by atoms with van der Waals surface area (Å²) in [6.45, 7) is 2.68. The summed E-state index contributed by atoms with van der Waals surface area (Å²) in [5.74, 6) is -1.78. The van der Waals surface area contributed by atoms with Crippen LogP contribution in [0.1, 0.15) is 48.0 Å². The number of hydrogen-bond acceptors (Lipinski definition) is 3. The van der Waals surface area contributed by atoms with Crippen molar-refractivity contribution in [3.63, 3.8) is 0 Å². The van der Waals surface area contributed by atoms with Crippen molar-refractivity contribution < 1.29 is 23.4 Å². The number of carboxylic acid groups (broad SMARTS) is 1. The Morgan fingerprint density at radius 1 is 1.05 bits per heavy atom. The average molecular weight is 524 g/mol. The number of hydrogen-bond donors (Lipinski definition) is 1. The zero-order valence-electron chi connectivity index (χ0n) is 20.4. The van der Waals surface area contributed by atoms with Crippen LogP contribution in [0, 0.1) is 11.6 Å². The van der Waals surface area contributed by atoms with Crippen molar-refractivity contribution in [1.29, 1.82) is 0 Å². The smallest absolute Gasteiger partial charge is 0.338 e. The Morgan fingerprint density at radius 2 is 1.84 bits per heavy atom. The monoisotopic (exact) mass is 523 g/mol. The molecule has 4 aromatic rings. The second-order valence-electron chi connectivity index (χ2n) is 9.33. The molecule has 0 saturated heterocycles. The molecule has 0 radical (unpaired) electrons. The van der Waals surface area contributed by atoms with E-state index in [0.29, 0.717) is 29.6 Å². The maximum Gasteiger partial charge on any atom is 0.338 e. The fourth-order valence-corrected chi connectivity index (χ4v) is 5.05. The first-order chi connectivity index (χ1) is 17.4. The molecule has 0 bridgehead atoms. The summed E-state index contributed by atoms with van der Waals surface area (Å²) in [6.07, 6.45) is 2.38. The highest BCUT2D eigenvalue weighted by Crippen LogP contribution is 2.40. The molecule has 7 heteroatoms. The summed E-state index contributed by atoms with van der Waals surface area (Å²) in [5, 5.41) is 11.9. The van der Waals surface area contributed by atoms with Crippen LogP contribution < -0.4 is 9.64 Å². The Kier molecular flexibility index (Phi) is 7.98. The van der Waals surface area contributed by atoms with Crippen molar-refractivity contribution in [2.75, 3.05) is 11.4 Å². The van der Waals surface area contributed by atoms with Gasteiger partial charge in [0, 0.05) is 11.8 Å². The maximum atomic E-state index is 14.0. The van der Waals surface area contributed by atoms with Gasteiger partial charge in [-0.15, -0.1) is 12.4 Å². The molecule has 0 spiro atoms. The third-order valence-corrected chi connectivity index (χ3v) is 6.90. The molecule has 5 rings (SSSR count). The lowest BCUT2D eigenvalue weighted by Gasteiger charge is -2.36. The zero-order valence-corrected chi connectivity index (χ0v) is 21.2. The van der Waals surface area contributed by atoms with Crippen LogP contribution in [-0.2, 0) is 0 Å². The molecule has 4 aromatic carbocycles. The quantitative estimate of drug-likeness (QED) is 0.266. The predicted octanol–water partition coefficient (Wildman–Crippen LogP) is 8.11. The van der Waals surface area contributed by atoms with E-state index >= 15 is 0 Å². The molecule has 2 atom stereocenters. The number of nitrogens with zero attached hydrogens (tertiary/aromatic N) is 1. The van der Waals surface area contributed by atoms with Gasteiger partial charge in [0.25, 0.3) is 0 Å². The SMILES string of the molecule is C[C@@H](CCCC1CN(c2ccc(F)c(C(=O)O)c2)c2ccc(F)cc2O1)c1cccc2ccccc12.Cl. The number of aromatic carboxylic acids is 1. The molecule has 37 heavy (non-hydrogen) atoms. The van der Waals surface area contributed by atoms with Gasteiger partial charge in [-0.1, -0.05) is 49.4 Å². The summed E-state index contributed by atoms with van der Waals surface area (Å²) < 4.78 is 34.2. The molecule has 192 valence electrons. The first-order valence-corrected chi connectivity index (χ1v) is 12.1. The number of halogens is 3. The fourth-order valence-electron chi connectivity index (χ4n) is 5.05. The van der Waals surface area contributed by atoms with Crippen molar-refractivity contribution in [2.24, 2.45) is 0 Å². The van der Waals surface area contributed by atoms with Crippen LogP contribution in [0.5, 0.6) is 5.75 Å². The van der Waals surface area contributed by atoms with Gasteiger partial charge in [-0.2, -0.15) is 0 Å².